The fraction of sp³-hybridized carbons (Fsp3) is 0.588. The van der Waals surface area contributed by atoms with Gasteiger partial charge in [0.25, 0.3) is 0 Å². The van der Waals surface area contributed by atoms with Gasteiger partial charge in [-0.1, -0.05) is 0 Å². The second-order valence-corrected chi connectivity index (χ2v) is 6.65. The van der Waals surface area contributed by atoms with Crippen molar-refractivity contribution >= 4 is 0 Å². The molecule has 0 aromatic carbocycles. The van der Waals surface area contributed by atoms with Crippen LogP contribution in [0.2, 0.25) is 0 Å². The molecule has 1 saturated heterocycles. The van der Waals surface area contributed by atoms with Crippen LogP contribution in [-0.4, -0.2) is 50.2 Å². The first-order chi connectivity index (χ1) is 11.0. The summed E-state index contributed by atoms with van der Waals surface area (Å²) in [5.41, 5.74) is 3.62. The van der Waals surface area contributed by atoms with Crippen LogP contribution >= 0.6 is 0 Å². The van der Waals surface area contributed by atoms with Crippen molar-refractivity contribution in [2.75, 3.05) is 20.6 Å². The molecule has 1 fully saturated rings. The van der Waals surface area contributed by atoms with Gasteiger partial charge in [0.05, 0.1) is 17.9 Å². The predicted octanol–water partition coefficient (Wildman–Crippen LogP) is 1.92. The van der Waals surface area contributed by atoms with Gasteiger partial charge in [-0.05, 0) is 46.5 Å². The molecule has 0 radical (unpaired) electrons. The number of aromatic nitrogens is 4. The van der Waals surface area contributed by atoms with Crippen LogP contribution in [0.1, 0.15) is 41.7 Å². The molecule has 1 atom stereocenters. The Morgan fingerprint density at radius 1 is 1.35 bits per heavy atom. The average molecular weight is 314 g/mol. The predicted molar refractivity (Wildman–Crippen MR) is 89.8 cm³/mol. The minimum Gasteiger partial charge on any atom is -0.304 e. The number of nitrogens with zero attached hydrogens (tertiary/aromatic N) is 6. The maximum absolute atomic E-state index is 4.80. The standard InChI is InChI=1S/C17H26N6/c1-13-14(10-19-22(13)4)11-23-9-5-6-16(23)17-18-8-7-15(20-17)12-21(2)3/h7-8,10,16H,5-6,9,11-12H2,1-4H3. The van der Waals surface area contributed by atoms with Crippen molar-refractivity contribution in [2.45, 2.75) is 38.9 Å². The van der Waals surface area contributed by atoms with E-state index in [1.165, 1.54) is 17.7 Å². The van der Waals surface area contributed by atoms with Gasteiger partial charge in [0.2, 0.25) is 0 Å². The molecule has 2 aromatic rings. The summed E-state index contributed by atoms with van der Waals surface area (Å²) in [6.45, 7) is 5.00. The van der Waals surface area contributed by atoms with Gasteiger partial charge in [0, 0.05) is 37.6 Å². The molecule has 0 bridgehead atoms. The SMILES string of the molecule is Cc1c(CN2CCCC2c2nccc(CN(C)C)n2)cnn1C. The summed E-state index contributed by atoms with van der Waals surface area (Å²) in [6, 6.07) is 2.32. The highest BCUT2D eigenvalue weighted by Crippen LogP contribution is 2.31. The lowest BCUT2D eigenvalue weighted by molar-refractivity contribution is 0.238. The first-order valence-electron chi connectivity index (χ1n) is 8.22. The topological polar surface area (TPSA) is 50.1 Å². The second kappa shape index (κ2) is 6.76. The molecule has 124 valence electrons. The molecule has 2 aromatic heterocycles. The van der Waals surface area contributed by atoms with Gasteiger partial charge in [0.1, 0.15) is 5.82 Å². The van der Waals surface area contributed by atoms with Crippen molar-refractivity contribution in [1.82, 2.24) is 29.5 Å². The molecule has 0 N–H and O–H groups in total. The molecule has 0 saturated carbocycles. The molecule has 3 rings (SSSR count). The fourth-order valence-electron chi connectivity index (χ4n) is 3.21. The Balaban J connectivity index is 1.77. The second-order valence-electron chi connectivity index (χ2n) is 6.65. The monoisotopic (exact) mass is 314 g/mol. The maximum Gasteiger partial charge on any atom is 0.145 e. The van der Waals surface area contributed by atoms with Gasteiger partial charge in [0.15, 0.2) is 0 Å². The molecule has 1 unspecified atom stereocenters. The third kappa shape index (κ3) is 3.59. The van der Waals surface area contributed by atoms with E-state index < -0.39 is 0 Å². The molecule has 3 heterocycles. The summed E-state index contributed by atoms with van der Waals surface area (Å²) in [5, 5.41) is 4.36. The Morgan fingerprint density at radius 3 is 2.87 bits per heavy atom. The molecule has 1 aliphatic rings. The van der Waals surface area contributed by atoms with E-state index in [4.69, 9.17) is 4.98 Å². The zero-order chi connectivity index (χ0) is 16.4. The van der Waals surface area contributed by atoms with Gasteiger partial charge in [-0.2, -0.15) is 5.10 Å². The van der Waals surface area contributed by atoms with Gasteiger partial charge in [-0.25, -0.2) is 9.97 Å². The fourth-order valence-corrected chi connectivity index (χ4v) is 3.21. The number of rotatable bonds is 5. The van der Waals surface area contributed by atoms with E-state index in [1.54, 1.807) is 0 Å². The largest absolute Gasteiger partial charge is 0.304 e. The summed E-state index contributed by atoms with van der Waals surface area (Å²) >= 11 is 0. The molecule has 0 aliphatic carbocycles. The lowest BCUT2D eigenvalue weighted by Crippen LogP contribution is -2.25. The first kappa shape index (κ1) is 16.1. The Kier molecular flexibility index (Phi) is 4.73. The minimum absolute atomic E-state index is 0.316. The number of aryl methyl sites for hydroxylation is 1. The number of hydrogen-bond acceptors (Lipinski definition) is 5. The minimum atomic E-state index is 0.316. The Hall–Kier alpha value is -1.79. The number of likely N-dealkylation sites (tertiary alicyclic amines) is 1. The van der Waals surface area contributed by atoms with Crippen LogP contribution in [0.3, 0.4) is 0 Å². The summed E-state index contributed by atoms with van der Waals surface area (Å²) in [7, 11) is 6.12. The zero-order valence-corrected chi connectivity index (χ0v) is 14.5. The van der Waals surface area contributed by atoms with Crippen LogP contribution < -0.4 is 0 Å². The van der Waals surface area contributed by atoms with E-state index in [0.29, 0.717) is 6.04 Å². The zero-order valence-electron chi connectivity index (χ0n) is 14.5. The third-order valence-corrected chi connectivity index (χ3v) is 4.58. The maximum atomic E-state index is 4.80. The van der Waals surface area contributed by atoms with E-state index in [0.717, 1.165) is 37.6 Å². The first-order valence-corrected chi connectivity index (χ1v) is 8.22. The van der Waals surface area contributed by atoms with Crippen molar-refractivity contribution < 1.29 is 0 Å². The van der Waals surface area contributed by atoms with Gasteiger partial charge < -0.3 is 4.90 Å². The number of hydrogen-bond donors (Lipinski definition) is 0. The quantitative estimate of drug-likeness (QED) is 0.844. The van der Waals surface area contributed by atoms with Crippen LogP contribution in [0.15, 0.2) is 18.5 Å². The summed E-state index contributed by atoms with van der Waals surface area (Å²) in [4.78, 5) is 14.0. The highest BCUT2D eigenvalue weighted by molar-refractivity contribution is 5.17. The van der Waals surface area contributed by atoms with Crippen LogP contribution in [0, 0.1) is 6.92 Å². The van der Waals surface area contributed by atoms with Crippen LogP contribution in [-0.2, 0) is 20.1 Å². The van der Waals surface area contributed by atoms with Gasteiger partial charge >= 0.3 is 0 Å². The molecule has 0 spiro atoms. The molecular weight excluding hydrogens is 288 g/mol. The van der Waals surface area contributed by atoms with Crippen molar-refractivity contribution in [3.05, 3.63) is 41.2 Å². The van der Waals surface area contributed by atoms with Crippen molar-refractivity contribution in [3.8, 4) is 0 Å². The normalized spacial score (nSPS) is 18.9. The summed E-state index contributed by atoms with van der Waals surface area (Å²) in [5.74, 6) is 0.961. The Bertz CT molecular complexity index is 663. The Morgan fingerprint density at radius 2 is 2.17 bits per heavy atom. The smallest absolute Gasteiger partial charge is 0.145 e. The van der Waals surface area contributed by atoms with E-state index in [-0.39, 0.29) is 0 Å². The summed E-state index contributed by atoms with van der Waals surface area (Å²) < 4.78 is 1.94. The average Bonchev–Trinajstić information content (AvgIpc) is 3.09. The van der Waals surface area contributed by atoms with Gasteiger partial charge in [-0.3, -0.25) is 9.58 Å². The molecule has 0 amide bonds. The van der Waals surface area contributed by atoms with Crippen LogP contribution in [0.5, 0.6) is 0 Å². The highest BCUT2D eigenvalue weighted by atomic mass is 15.3. The van der Waals surface area contributed by atoms with Crippen LogP contribution in [0.25, 0.3) is 0 Å². The highest BCUT2D eigenvalue weighted by Gasteiger charge is 2.29. The summed E-state index contributed by atoms with van der Waals surface area (Å²) in [6.07, 6.45) is 6.21. The van der Waals surface area contributed by atoms with Crippen molar-refractivity contribution in [1.29, 1.82) is 0 Å². The molecule has 6 heteroatoms. The van der Waals surface area contributed by atoms with E-state index in [9.17, 15) is 0 Å². The van der Waals surface area contributed by atoms with Crippen molar-refractivity contribution in [3.63, 3.8) is 0 Å². The van der Waals surface area contributed by atoms with Crippen molar-refractivity contribution in [2.24, 2.45) is 7.05 Å². The molecule has 6 nitrogen and oxygen atoms in total. The van der Waals surface area contributed by atoms with E-state index >= 15 is 0 Å². The van der Waals surface area contributed by atoms with Crippen LogP contribution in [0.4, 0.5) is 0 Å². The lowest BCUT2D eigenvalue weighted by atomic mass is 10.2. The van der Waals surface area contributed by atoms with E-state index in [2.05, 4.69) is 40.9 Å². The molecule has 1 aliphatic heterocycles. The molecular formula is C17H26N6. The van der Waals surface area contributed by atoms with E-state index in [1.807, 2.05) is 30.2 Å². The lowest BCUT2D eigenvalue weighted by Gasteiger charge is -2.23. The van der Waals surface area contributed by atoms with Gasteiger partial charge in [-0.15, -0.1) is 0 Å². The third-order valence-electron chi connectivity index (χ3n) is 4.58. The molecule has 23 heavy (non-hydrogen) atoms. The Labute approximate surface area is 138 Å².